The first-order valence-corrected chi connectivity index (χ1v) is 7.65. The normalized spacial score (nSPS) is 17.4. The van der Waals surface area contributed by atoms with Gasteiger partial charge in [-0.05, 0) is 31.9 Å². The lowest BCUT2D eigenvalue weighted by Crippen LogP contribution is -2.53. The van der Waals surface area contributed by atoms with E-state index in [0.717, 1.165) is 11.1 Å². The number of fused-ring (bicyclic) bond motifs is 1. The molecule has 1 aromatic rings. The van der Waals surface area contributed by atoms with Gasteiger partial charge in [-0.2, -0.15) is 0 Å². The molecule has 0 bridgehead atoms. The Labute approximate surface area is 136 Å². The Balaban J connectivity index is 2.24. The summed E-state index contributed by atoms with van der Waals surface area (Å²) in [5, 5.41) is 2.67. The standard InChI is InChI=1S/C17H24N2O4/c1-17(2,3)23-16(21)19-10-13-8-6-5-7-12(13)9-14(19)15(20)18-11-22-4/h5-8,14H,9-11H2,1-4H3,(H,18,20)/t14-/m0/s1. The maximum Gasteiger partial charge on any atom is 0.411 e. The van der Waals surface area contributed by atoms with Gasteiger partial charge in [-0.1, -0.05) is 24.3 Å². The van der Waals surface area contributed by atoms with Crippen LogP contribution in [-0.4, -0.2) is 42.4 Å². The van der Waals surface area contributed by atoms with Crippen LogP contribution < -0.4 is 5.32 Å². The minimum atomic E-state index is -0.610. The van der Waals surface area contributed by atoms with Crippen molar-refractivity contribution in [2.24, 2.45) is 0 Å². The highest BCUT2D eigenvalue weighted by molar-refractivity contribution is 5.86. The third kappa shape index (κ3) is 4.45. The highest BCUT2D eigenvalue weighted by Crippen LogP contribution is 2.25. The molecule has 0 unspecified atom stereocenters. The fraction of sp³-hybridized carbons (Fsp3) is 0.529. The molecule has 1 heterocycles. The van der Waals surface area contributed by atoms with Gasteiger partial charge in [0.25, 0.3) is 0 Å². The fourth-order valence-electron chi connectivity index (χ4n) is 2.53. The first-order valence-electron chi connectivity index (χ1n) is 7.65. The van der Waals surface area contributed by atoms with E-state index in [9.17, 15) is 9.59 Å². The second kappa shape index (κ2) is 7.00. The summed E-state index contributed by atoms with van der Waals surface area (Å²) in [4.78, 5) is 26.4. The number of carbonyl (C=O) groups excluding carboxylic acids is 2. The average Bonchev–Trinajstić information content (AvgIpc) is 2.49. The lowest BCUT2D eigenvalue weighted by molar-refractivity contribution is -0.128. The summed E-state index contributed by atoms with van der Waals surface area (Å²) in [5.74, 6) is -0.243. The topological polar surface area (TPSA) is 67.9 Å². The van der Waals surface area contributed by atoms with Gasteiger partial charge >= 0.3 is 6.09 Å². The highest BCUT2D eigenvalue weighted by atomic mass is 16.6. The predicted molar refractivity (Wildman–Crippen MR) is 85.7 cm³/mol. The molecule has 1 atom stereocenters. The Morgan fingerprint density at radius 1 is 1.26 bits per heavy atom. The predicted octanol–water partition coefficient (Wildman–Crippen LogP) is 2.07. The summed E-state index contributed by atoms with van der Waals surface area (Å²) < 4.78 is 10.3. The van der Waals surface area contributed by atoms with Gasteiger partial charge in [0, 0.05) is 13.5 Å². The minimum absolute atomic E-state index is 0.110. The second-order valence-corrected chi connectivity index (χ2v) is 6.57. The number of nitrogens with one attached hydrogen (secondary N) is 1. The number of rotatable bonds is 3. The van der Waals surface area contributed by atoms with Crippen LogP contribution in [0.2, 0.25) is 0 Å². The molecule has 0 aliphatic carbocycles. The van der Waals surface area contributed by atoms with Gasteiger partial charge in [0.1, 0.15) is 18.4 Å². The number of amides is 2. The van der Waals surface area contributed by atoms with E-state index in [2.05, 4.69) is 5.32 Å². The van der Waals surface area contributed by atoms with Gasteiger partial charge in [-0.3, -0.25) is 9.69 Å². The molecule has 2 rings (SSSR count). The van der Waals surface area contributed by atoms with E-state index in [1.54, 1.807) is 0 Å². The first kappa shape index (κ1) is 17.3. The maximum absolute atomic E-state index is 12.5. The number of methoxy groups -OCH3 is 1. The molecule has 2 amide bonds. The van der Waals surface area contributed by atoms with Crippen LogP contribution in [0.3, 0.4) is 0 Å². The smallest absolute Gasteiger partial charge is 0.411 e. The molecule has 23 heavy (non-hydrogen) atoms. The maximum atomic E-state index is 12.5. The van der Waals surface area contributed by atoms with Crippen molar-refractivity contribution in [3.63, 3.8) is 0 Å². The van der Waals surface area contributed by atoms with Crippen molar-refractivity contribution in [1.29, 1.82) is 0 Å². The first-order chi connectivity index (χ1) is 10.8. The minimum Gasteiger partial charge on any atom is -0.444 e. The van der Waals surface area contributed by atoms with Gasteiger partial charge < -0.3 is 14.8 Å². The number of hydrogen-bond donors (Lipinski definition) is 1. The molecule has 0 aromatic heterocycles. The van der Waals surface area contributed by atoms with Crippen molar-refractivity contribution in [3.05, 3.63) is 35.4 Å². The van der Waals surface area contributed by atoms with Crippen LogP contribution >= 0.6 is 0 Å². The zero-order valence-electron chi connectivity index (χ0n) is 14.1. The summed E-state index contributed by atoms with van der Waals surface area (Å²) >= 11 is 0. The molecule has 1 aromatic carbocycles. The van der Waals surface area contributed by atoms with Crippen LogP contribution in [0.25, 0.3) is 0 Å². The number of hydrogen-bond acceptors (Lipinski definition) is 4. The summed E-state index contributed by atoms with van der Waals surface area (Å²) in [6.07, 6.45) is -0.0186. The van der Waals surface area contributed by atoms with Crippen molar-refractivity contribution in [2.45, 2.75) is 45.4 Å². The number of nitrogens with zero attached hydrogens (tertiary/aromatic N) is 1. The Morgan fingerprint density at radius 2 is 1.91 bits per heavy atom. The molecule has 6 nitrogen and oxygen atoms in total. The van der Waals surface area contributed by atoms with E-state index in [0.29, 0.717) is 13.0 Å². The quantitative estimate of drug-likeness (QED) is 0.866. The molecule has 1 aliphatic heterocycles. The fourth-order valence-corrected chi connectivity index (χ4v) is 2.53. The Bertz CT molecular complexity index is 580. The SMILES string of the molecule is COCNC(=O)[C@@H]1Cc2ccccc2CN1C(=O)OC(C)(C)C. The van der Waals surface area contributed by atoms with E-state index in [1.165, 1.54) is 12.0 Å². The summed E-state index contributed by atoms with van der Waals surface area (Å²) in [6.45, 7) is 5.89. The van der Waals surface area contributed by atoms with Crippen LogP contribution in [0.1, 0.15) is 31.9 Å². The van der Waals surface area contributed by atoms with E-state index in [4.69, 9.17) is 9.47 Å². The van der Waals surface area contributed by atoms with Gasteiger partial charge in [0.2, 0.25) is 5.91 Å². The molecule has 0 spiro atoms. The zero-order chi connectivity index (χ0) is 17.0. The molecule has 126 valence electrons. The van der Waals surface area contributed by atoms with E-state index >= 15 is 0 Å². The van der Waals surface area contributed by atoms with Crippen molar-refractivity contribution < 1.29 is 19.1 Å². The molecular weight excluding hydrogens is 296 g/mol. The van der Waals surface area contributed by atoms with Gasteiger partial charge in [-0.25, -0.2) is 4.79 Å². The summed E-state index contributed by atoms with van der Waals surface area (Å²) in [6, 6.07) is 7.22. The van der Waals surface area contributed by atoms with Crippen molar-refractivity contribution in [1.82, 2.24) is 10.2 Å². The van der Waals surface area contributed by atoms with Crippen LogP contribution in [0, 0.1) is 0 Å². The number of ether oxygens (including phenoxy) is 2. The van der Waals surface area contributed by atoms with Crippen molar-refractivity contribution >= 4 is 12.0 Å². The number of benzene rings is 1. The Morgan fingerprint density at radius 3 is 2.52 bits per heavy atom. The molecule has 0 saturated carbocycles. The zero-order valence-corrected chi connectivity index (χ0v) is 14.1. The van der Waals surface area contributed by atoms with E-state index in [-0.39, 0.29) is 12.6 Å². The van der Waals surface area contributed by atoms with Crippen LogP contribution in [-0.2, 0) is 27.2 Å². The molecule has 0 radical (unpaired) electrons. The van der Waals surface area contributed by atoms with E-state index < -0.39 is 17.7 Å². The average molecular weight is 320 g/mol. The van der Waals surface area contributed by atoms with Crippen LogP contribution in [0.15, 0.2) is 24.3 Å². The molecule has 0 fully saturated rings. The van der Waals surface area contributed by atoms with Crippen LogP contribution in [0.4, 0.5) is 4.79 Å². The third-order valence-corrected chi connectivity index (χ3v) is 3.57. The molecule has 1 N–H and O–H groups in total. The monoisotopic (exact) mass is 320 g/mol. The molecule has 6 heteroatoms. The summed E-state index contributed by atoms with van der Waals surface area (Å²) in [7, 11) is 1.50. The van der Waals surface area contributed by atoms with Gasteiger partial charge in [0.05, 0.1) is 6.54 Å². The second-order valence-electron chi connectivity index (χ2n) is 6.57. The van der Waals surface area contributed by atoms with Gasteiger partial charge in [0.15, 0.2) is 0 Å². The lowest BCUT2D eigenvalue weighted by atomic mass is 9.94. The highest BCUT2D eigenvalue weighted by Gasteiger charge is 2.36. The Kier molecular flexibility index (Phi) is 5.26. The third-order valence-electron chi connectivity index (χ3n) is 3.57. The van der Waals surface area contributed by atoms with Gasteiger partial charge in [-0.15, -0.1) is 0 Å². The largest absolute Gasteiger partial charge is 0.444 e. The van der Waals surface area contributed by atoms with Crippen LogP contribution in [0.5, 0.6) is 0 Å². The molecule has 0 saturated heterocycles. The Hall–Kier alpha value is -2.08. The lowest BCUT2D eigenvalue weighted by Gasteiger charge is -2.36. The number of carbonyl (C=O) groups is 2. The summed E-state index contributed by atoms with van der Waals surface area (Å²) in [5.41, 5.74) is 1.50. The van der Waals surface area contributed by atoms with E-state index in [1.807, 2.05) is 45.0 Å². The van der Waals surface area contributed by atoms with Crippen molar-refractivity contribution in [2.75, 3.05) is 13.8 Å². The molecule has 1 aliphatic rings. The molecular formula is C17H24N2O4. The van der Waals surface area contributed by atoms with Crippen molar-refractivity contribution in [3.8, 4) is 0 Å².